The van der Waals surface area contributed by atoms with Crippen LogP contribution < -0.4 is 5.32 Å². The minimum absolute atomic E-state index is 0.246. The van der Waals surface area contributed by atoms with Crippen molar-refractivity contribution in [3.05, 3.63) is 35.6 Å². The lowest BCUT2D eigenvalue weighted by molar-refractivity contribution is -0.105. The van der Waals surface area contributed by atoms with E-state index in [1.54, 1.807) is 0 Å². The Morgan fingerprint density at radius 1 is 1.38 bits per heavy atom. The lowest BCUT2D eigenvalue weighted by Crippen LogP contribution is -2.49. The van der Waals surface area contributed by atoms with Crippen molar-refractivity contribution in [2.45, 2.75) is 12.0 Å². The summed E-state index contributed by atoms with van der Waals surface area (Å²) in [5.41, 5.74) is -0.246. The average Bonchev–Trinajstić information content (AvgIpc) is 2.23. The number of nitrogens with one attached hydrogen (secondary N) is 1. The lowest BCUT2D eigenvalue weighted by Gasteiger charge is -2.31. The van der Waals surface area contributed by atoms with Crippen LogP contribution in [0.2, 0.25) is 0 Å². The molecule has 0 aliphatic carbocycles. The molecule has 1 heterocycles. The third-order valence-electron chi connectivity index (χ3n) is 2.30. The number of hydrogen-bond donors (Lipinski definition) is 1. The highest BCUT2D eigenvalue weighted by Crippen LogP contribution is 2.35. The van der Waals surface area contributed by atoms with Crippen LogP contribution in [0.5, 0.6) is 0 Å². The predicted octanol–water partition coefficient (Wildman–Crippen LogP) is 2.24. The number of benzene rings is 1. The molecule has 1 aromatic carbocycles. The normalized spacial score (nSPS) is 23.4. The maximum Gasteiger partial charge on any atom is 0.408 e. The molecular formula is C10H8F3NO2. The summed E-state index contributed by atoms with van der Waals surface area (Å²) in [6, 6.07) is 3.40. The zero-order valence-electron chi connectivity index (χ0n) is 8.04. The lowest BCUT2D eigenvalue weighted by atomic mass is 10.00. The number of hydrogen-bond acceptors (Lipinski definition) is 2. The number of carbonyl (C=O) groups excluding carboxylic acids is 1. The number of cyclic esters (lactones) is 1. The van der Waals surface area contributed by atoms with E-state index >= 15 is 0 Å². The van der Waals surface area contributed by atoms with E-state index in [9.17, 15) is 18.0 Å². The SMILES string of the molecule is O=C1N[C@H](c2ccccc2F)C(F)(F)CO1. The van der Waals surface area contributed by atoms with Gasteiger partial charge in [-0.3, -0.25) is 0 Å². The maximum absolute atomic E-state index is 13.4. The van der Waals surface area contributed by atoms with Gasteiger partial charge in [-0.05, 0) is 6.07 Å². The van der Waals surface area contributed by atoms with Crippen molar-refractivity contribution in [1.82, 2.24) is 5.32 Å². The Balaban J connectivity index is 2.38. The standard InChI is InChI=1S/C10H8F3NO2/c11-7-4-2-1-3-6(7)8-10(12,13)5-16-9(15)14-8/h1-4,8H,5H2,(H,14,15)/t8-/m1/s1. The van der Waals surface area contributed by atoms with E-state index < -0.39 is 30.5 Å². The van der Waals surface area contributed by atoms with Crippen LogP contribution in [0.4, 0.5) is 18.0 Å². The second-order valence-corrected chi connectivity index (χ2v) is 3.44. The Labute approximate surface area is 89.2 Å². The smallest absolute Gasteiger partial charge is 0.408 e. The maximum atomic E-state index is 13.4. The van der Waals surface area contributed by atoms with Gasteiger partial charge in [-0.1, -0.05) is 18.2 Å². The summed E-state index contributed by atoms with van der Waals surface area (Å²) in [4.78, 5) is 10.9. The van der Waals surface area contributed by atoms with E-state index in [4.69, 9.17) is 0 Å². The molecule has 1 aliphatic rings. The number of rotatable bonds is 1. The third kappa shape index (κ3) is 1.82. The topological polar surface area (TPSA) is 38.3 Å². The van der Waals surface area contributed by atoms with Crippen molar-refractivity contribution in [3.8, 4) is 0 Å². The molecule has 1 N–H and O–H groups in total. The van der Waals surface area contributed by atoms with Gasteiger partial charge in [0.2, 0.25) is 0 Å². The molecular weight excluding hydrogens is 223 g/mol. The molecule has 1 saturated heterocycles. The molecule has 6 heteroatoms. The summed E-state index contributed by atoms with van der Waals surface area (Å²) in [6.45, 7) is -1.04. The first kappa shape index (κ1) is 10.8. The number of ether oxygens (including phenoxy) is 1. The first-order valence-corrected chi connectivity index (χ1v) is 4.56. The van der Waals surface area contributed by atoms with E-state index in [1.165, 1.54) is 18.2 Å². The number of amides is 1. The summed E-state index contributed by atoms with van der Waals surface area (Å²) in [5, 5.41) is 1.91. The van der Waals surface area contributed by atoms with Crippen LogP contribution in [0.15, 0.2) is 24.3 Å². The van der Waals surface area contributed by atoms with E-state index in [1.807, 2.05) is 5.32 Å². The van der Waals surface area contributed by atoms with Crippen LogP contribution in [-0.2, 0) is 4.74 Å². The Hall–Kier alpha value is -1.72. The molecule has 1 aliphatic heterocycles. The first-order chi connectivity index (χ1) is 7.50. The van der Waals surface area contributed by atoms with Crippen LogP contribution in [0.1, 0.15) is 11.6 Å². The van der Waals surface area contributed by atoms with E-state index in [-0.39, 0.29) is 5.56 Å². The fourth-order valence-corrected chi connectivity index (χ4v) is 1.52. The van der Waals surface area contributed by atoms with E-state index in [0.29, 0.717) is 0 Å². The zero-order valence-corrected chi connectivity index (χ0v) is 8.04. The van der Waals surface area contributed by atoms with Crippen molar-refractivity contribution < 1.29 is 22.7 Å². The summed E-state index contributed by atoms with van der Waals surface area (Å²) in [7, 11) is 0. The molecule has 0 radical (unpaired) electrons. The van der Waals surface area contributed by atoms with Gasteiger partial charge in [0.25, 0.3) is 0 Å². The number of halogens is 3. The van der Waals surface area contributed by atoms with Crippen LogP contribution in [0.25, 0.3) is 0 Å². The summed E-state index contributed by atoms with van der Waals surface area (Å²) >= 11 is 0. The van der Waals surface area contributed by atoms with Gasteiger partial charge < -0.3 is 10.1 Å². The average molecular weight is 231 g/mol. The van der Waals surface area contributed by atoms with Gasteiger partial charge in [-0.25, -0.2) is 18.0 Å². The van der Waals surface area contributed by atoms with Crippen molar-refractivity contribution in [2.75, 3.05) is 6.61 Å². The van der Waals surface area contributed by atoms with Crippen molar-refractivity contribution in [3.63, 3.8) is 0 Å². The fraction of sp³-hybridized carbons (Fsp3) is 0.300. The predicted molar refractivity (Wildman–Crippen MR) is 48.6 cm³/mol. The third-order valence-corrected chi connectivity index (χ3v) is 2.30. The van der Waals surface area contributed by atoms with Crippen LogP contribution in [0, 0.1) is 5.82 Å². The first-order valence-electron chi connectivity index (χ1n) is 4.56. The Morgan fingerprint density at radius 2 is 2.06 bits per heavy atom. The van der Waals surface area contributed by atoms with Gasteiger partial charge in [0.05, 0.1) is 0 Å². The summed E-state index contributed by atoms with van der Waals surface area (Å²) in [6.07, 6.45) is -0.973. The van der Waals surface area contributed by atoms with Crippen molar-refractivity contribution >= 4 is 6.09 Å². The highest BCUT2D eigenvalue weighted by atomic mass is 19.3. The van der Waals surface area contributed by atoms with Crippen LogP contribution in [-0.4, -0.2) is 18.6 Å². The Morgan fingerprint density at radius 3 is 2.75 bits per heavy atom. The molecule has 0 bridgehead atoms. The molecule has 86 valence electrons. The minimum Gasteiger partial charge on any atom is -0.443 e. The van der Waals surface area contributed by atoms with Crippen LogP contribution in [0.3, 0.4) is 0 Å². The summed E-state index contributed by atoms with van der Waals surface area (Å²) < 4.78 is 44.3. The number of carbonyl (C=O) groups is 1. The van der Waals surface area contributed by atoms with Gasteiger partial charge in [-0.15, -0.1) is 0 Å². The molecule has 0 spiro atoms. The quantitative estimate of drug-likeness (QED) is 0.804. The Kier molecular flexibility index (Phi) is 2.49. The van der Waals surface area contributed by atoms with Gasteiger partial charge >= 0.3 is 12.0 Å². The van der Waals surface area contributed by atoms with Gasteiger partial charge in [0.1, 0.15) is 11.9 Å². The molecule has 0 aromatic heterocycles. The fourth-order valence-electron chi connectivity index (χ4n) is 1.52. The molecule has 0 unspecified atom stereocenters. The molecule has 0 saturated carbocycles. The minimum atomic E-state index is -3.32. The highest BCUT2D eigenvalue weighted by molar-refractivity contribution is 5.69. The van der Waals surface area contributed by atoms with Gasteiger partial charge in [-0.2, -0.15) is 0 Å². The number of alkyl halides is 2. The second kappa shape index (κ2) is 3.70. The molecule has 1 fully saturated rings. The monoisotopic (exact) mass is 231 g/mol. The molecule has 3 nitrogen and oxygen atoms in total. The van der Waals surface area contributed by atoms with Crippen LogP contribution >= 0.6 is 0 Å². The molecule has 1 amide bonds. The summed E-state index contributed by atoms with van der Waals surface area (Å²) in [5.74, 6) is -4.11. The van der Waals surface area contributed by atoms with E-state index in [2.05, 4.69) is 4.74 Å². The van der Waals surface area contributed by atoms with Crippen molar-refractivity contribution in [1.29, 1.82) is 0 Å². The van der Waals surface area contributed by atoms with Gasteiger partial charge in [0, 0.05) is 5.56 Å². The Bertz CT molecular complexity index is 422. The molecule has 16 heavy (non-hydrogen) atoms. The van der Waals surface area contributed by atoms with Gasteiger partial charge in [0.15, 0.2) is 6.61 Å². The molecule has 1 aromatic rings. The largest absolute Gasteiger partial charge is 0.443 e. The zero-order chi connectivity index (χ0) is 11.8. The van der Waals surface area contributed by atoms with Crippen molar-refractivity contribution in [2.24, 2.45) is 0 Å². The number of alkyl carbamates (subject to hydrolysis) is 1. The molecule has 1 atom stereocenters. The highest BCUT2D eigenvalue weighted by Gasteiger charge is 2.47. The van der Waals surface area contributed by atoms with E-state index in [0.717, 1.165) is 6.07 Å². The molecule has 2 rings (SSSR count). The second-order valence-electron chi connectivity index (χ2n) is 3.44.